The van der Waals surface area contributed by atoms with Gasteiger partial charge in [0.1, 0.15) is 5.75 Å². The Morgan fingerprint density at radius 3 is 2.79 bits per heavy atom. The molecule has 0 aliphatic rings. The average molecular weight is 321 g/mol. The Bertz CT molecular complexity index is 855. The lowest BCUT2D eigenvalue weighted by Crippen LogP contribution is -2.14. The Kier molecular flexibility index (Phi) is 4.61. The Hall–Kier alpha value is -3.08. The Labute approximate surface area is 140 Å². The number of hydrogen-bond donors (Lipinski definition) is 2. The highest BCUT2D eigenvalue weighted by molar-refractivity contribution is 5.93. The van der Waals surface area contributed by atoms with Gasteiger partial charge in [-0.05, 0) is 25.1 Å². The van der Waals surface area contributed by atoms with Crippen molar-refractivity contribution in [2.45, 2.75) is 13.3 Å². The normalized spacial score (nSPS) is 10.4. The maximum absolute atomic E-state index is 12.3. The van der Waals surface area contributed by atoms with Gasteiger partial charge in [0.15, 0.2) is 0 Å². The molecule has 0 aliphatic heterocycles. The smallest absolute Gasteiger partial charge is 0.228 e. The minimum Gasteiger partial charge on any atom is -0.496 e. The number of amides is 1. The lowest BCUT2D eigenvalue weighted by molar-refractivity contribution is -0.115. The van der Waals surface area contributed by atoms with Crippen LogP contribution >= 0.6 is 0 Å². The van der Waals surface area contributed by atoms with Crippen molar-refractivity contribution >= 4 is 11.6 Å². The summed E-state index contributed by atoms with van der Waals surface area (Å²) in [5, 5.41) is 2.93. The number of aryl methyl sites for hydroxylation is 1. The summed E-state index contributed by atoms with van der Waals surface area (Å²) in [6.45, 7) is 1.97. The first kappa shape index (κ1) is 15.8. The Morgan fingerprint density at radius 2 is 2.04 bits per heavy atom. The van der Waals surface area contributed by atoms with Gasteiger partial charge in [0.05, 0.1) is 25.6 Å². The van der Waals surface area contributed by atoms with E-state index in [1.54, 1.807) is 13.4 Å². The second-order valence-corrected chi connectivity index (χ2v) is 5.49. The van der Waals surface area contributed by atoms with Crippen molar-refractivity contribution in [2.75, 3.05) is 12.4 Å². The molecule has 0 bridgehead atoms. The number of rotatable bonds is 5. The van der Waals surface area contributed by atoms with Crippen molar-refractivity contribution < 1.29 is 9.53 Å². The van der Waals surface area contributed by atoms with Crippen LogP contribution in [0.1, 0.15) is 11.3 Å². The van der Waals surface area contributed by atoms with Crippen LogP contribution < -0.4 is 10.1 Å². The molecule has 5 nitrogen and oxygen atoms in total. The van der Waals surface area contributed by atoms with Gasteiger partial charge in [-0.15, -0.1) is 0 Å². The van der Waals surface area contributed by atoms with Gasteiger partial charge in [0, 0.05) is 22.5 Å². The first-order valence-corrected chi connectivity index (χ1v) is 7.69. The third kappa shape index (κ3) is 3.46. The summed E-state index contributed by atoms with van der Waals surface area (Å²) in [4.78, 5) is 19.7. The van der Waals surface area contributed by atoms with Crippen LogP contribution in [0.25, 0.3) is 11.3 Å². The van der Waals surface area contributed by atoms with Gasteiger partial charge in [-0.3, -0.25) is 4.79 Å². The molecule has 2 N–H and O–H groups in total. The summed E-state index contributed by atoms with van der Waals surface area (Å²) < 4.78 is 5.29. The number of hydrogen-bond acceptors (Lipinski definition) is 3. The number of anilines is 1. The van der Waals surface area contributed by atoms with Gasteiger partial charge in [0.25, 0.3) is 0 Å². The molecule has 0 unspecified atom stereocenters. The first-order valence-electron chi connectivity index (χ1n) is 7.69. The van der Waals surface area contributed by atoms with Crippen LogP contribution in [-0.2, 0) is 11.2 Å². The lowest BCUT2D eigenvalue weighted by atomic mass is 10.1. The van der Waals surface area contributed by atoms with Gasteiger partial charge in [-0.25, -0.2) is 4.98 Å². The van der Waals surface area contributed by atoms with Gasteiger partial charge < -0.3 is 15.0 Å². The number of methoxy groups -OCH3 is 1. The standard InChI is InChI=1S/C19H19N3O2/c1-13-19(21-12-20-13)15-7-5-8-16(10-15)22-18(23)11-14-6-3-4-9-17(14)24-2/h3-10,12H,11H2,1-2H3,(H,20,21)(H,22,23). The summed E-state index contributed by atoms with van der Waals surface area (Å²) >= 11 is 0. The molecule has 122 valence electrons. The molecule has 24 heavy (non-hydrogen) atoms. The van der Waals surface area contributed by atoms with Gasteiger partial charge >= 0.3 is 0 Å². The second kappa shape index (κ2) is 7.00. The molecule has 2 aromatic carbocycles. The summed E-state index contributed by atoms with van der Waals surface area (Å²) in [7, 11) is 1.60. The summed E-state index contributed by atoms with van der Waals surface area (Å²) in [6, 6.07) is 15.2. The molecule has 0 saturated heterocycles. The third-order valence-corrected chi connectivity index (χ3v) is 3.79. The molecule has 1 heterocycles. The molecule has 1 aromatic heterocycles. The van der Waals surface area contributed by atoms with E-state index in [2.05, 4.69) is 15.3 Å². The molecule has 3 aromatic rings. The van der Waals surface area contributed by atoms with Gasteiger partial charge in [-0.1, -0.05) is 30.3 Å². The summed E-state index contributed by atoms with van der Waals surface area (Å²) in [5.74, 6) is 0.629. The van der Waals surface area contributed by atoms with Crippen molar-refractivity contribution in [2.24, 2.45) is 0 Å². The van der Waals surface area contributed by atoms with E-state index in [0.29, 0.717) is 5.75 Å². The predicted molar refractivity (Wildman–Crippen MR) is 94.1 cm³/mol. The van der Waals surface area contributed by atoms with Crippen molar-refractivity contribution in [3.63, 3.8) is 0 Å². The van der Waals surface area contributed by atoms with Gasteiger partial charge in [-0.2, -0.15) is 0 Å². The molecular formula is C19H19N3O2. The van der Waals surface area contributed by atoms with E-state index in [1.165, 1.54) is 0 Å². The number of carbonyl (C=O) groups is 1. The van der Waals surface area contributed by atoms with Gasteiger partial charge in [0.2, 0.25) is 5.91 Å². The average Bonchev–Trinajstić information content (AvgIpc) is 3.01. The molecule has 0 aliphatic carbocycles. The molecule has 0 spiro atoms. The van der Waals surface area contributed by atoms with Crippen LogP contribution in [0, 0.1) is 6.92 Å². The fourth-order valence-corrected chi connectivity index (χ4v) is 2.62. The zero-order chi connectivity index (χ0) is 16.9. The van der Waals surface area contributed by atoms with E-state index >= 15 is 0 Å². The first-order chi connectivity index (χ1) is 11.7. The largest absolute Gasteiger partial charge is 0.496 e. The van der Waals surface area contributed by atoms with Crippen LogP contribution in [-0.4, -0.2) is 23.0 Å². The molecule has 0 atom stereocenters. The van der Waals surface area contributed by atoms with Crippen molar-refractivity contribution in [3.05, 3.63) is 66.1 Å². The van der Waals surface area contributed by atoms with E-state index in [0.717, 1.165) is 28.2 Å². The quantitative estimate of drug-likeness (QED) is 0.755. The predicted octanol–water partition coefficient (Wildman–Crippen LogP) is 3.57. The summed E-state index contributed by atoms with van der Waals surface area (Å²) in [6.07, 6.45) is 1.92. The minimum absolute atomic E-state index is 0.0876. The number of imidazole rings is 1. The number of nitrogens with zero attached hydrogens (tertiary/aromatic N) is 1. The Morgan fingerprint density at radius 1 is 1.21 bits per heavy atom. The van der Waals surface area contributed by atoms with E-state index in [-0.39, 0.29) is 12.3 Å². The molecule has 3 rings (SSSR count). The minimum atomic E-state index is -0.0876. The van der Waals surface area contributed by atoms with Crippen molar-refractivity contribution in [1.29, 1.82) is 0 Å². The lowest BCUT2D eigenvalue weighted by Gasteiger charge is -2.09. The number of aromatic nitrogens is 2. The molecular weight excluding hydrogens is 302 g/mol. The zero-order valence-electron chi connectivity index (χ0n) is 13.7. The van der Waals surface area contributed by atoms with Crippen LogP contribution in [0.5, 0.6) is 5.75 Å². The van der Waals surface area contributed by atoms with E-state index in [4.69, 9.17) is 4.74 Å². The topological polar surface area (TPSA) is 67.0 Å². The Balaban J connectivity index is 1.74. The summed E-state index contributed by atoms with van der Waals surface area (Å²) in [5.41, 5.74) is 4.44. The van der Waals surface area contributed by atoms with E-state index in [1.807, 2.05) is 55.5 Å². The van der Waals surface area contributed by atoms with Crippen molar-refractivity contribution in [3.8, 4) is 17.0 Å². The van der Waals surface area contributed by atoms with E-state index < -0.39 is 0 Å². The number of aromatic amines is 1. The monoisotopic (exact) mass is 321 g/mol. The molecule has 0 radical (unpaired) electrons. The maximum atomic E-state index is 12.3. The van der Waals surface area contributed by atoms with Crippen molar-refractivity contribution in [1.82, 2.24) is 9.97 Å². The number of H-pyrrole nitrogens is 1. The number of carbonyl (C=O) groups excluding carboxylic acids is 1. The number of nitrogens with one attached hydrogen (secondary N) is 2. The maximum Gasteiger partial charge on any atom is 0.228 e. The number of para-hydroxylation sites is 1. The molecule has 5 heteroatoms. The molecule has 1 amide bonds. The third-order valence-electron chi connectivity index (χ3n) is 3.79. The second-order valence-electron chi connectivity index (χ2n) is 5.49. The highest BCUT2D eigenvalue weighted by Crippen LogP contribution is 2.23. The van der Waals surface area contributed by atoms with E-state index in [9.17, 15) is 4.79 Å². The highest BCUT2D eigenvalue weighted by Gasteiger charge is 2.10. The fourth-order valence-electron chi connectivity index (χ4n) is 2.62. The van der Waals surface area contributed by atoms with Crippen LogP contribution in [0.15, 0.2) is 54.9 Å². The highest BCUT2D eigenvalue weighted by atomic mass is 16.5. The zero-order valence-corrected chi connectivity index (χ0v) is 13.7. The fraction of sp³-hybridized carbons (Fsp3) is 0.158. The number of ether oxygens (including phenoxy) is 1. The SMILES string of the molecule is COc1ccccc1CC(=O)Nc1cccc(-c2nc[nH]c2C)c1. The van der Waals surface area contributed by atoms with Crippen LogP contribution in [0.3, 0.4) is 0 Å². The molecule has 0 fully saturated rings. The molecule has 0 saturated carbocycles. The van der Waals surface area contributed by atoms with Crippen LogP contribution in [0.4, 0.5) is 5.69 Å². The van der Waals surface area contributed by atoms with Crippen LogP contribution in [0.2, 0.25) is 0 Å². The number of benzene rings is 2.